The van der Waals surface area contributed by atoms with Crippen molar-refractivity contribution >= 4 is 110 Å². The molecular formula is C63H38N4O2. The number of hydrogen-bond acceptors (Lipinski definition) is 5. The van der Waals surface area contributed by atoms with Crippen LogP contribution in [0.15, 0.2) is 237 Å². The van der Waals surface area contributed by atoms with E-state index in [1.807, 2.05) is 18.2 Å². The molecule has 15 rings (SSSR count). The van der Waals surface area contributed by atoms with Crippen molar-refractivity contribution in [2.45, 2.75) is 6.17 Å². The number of benzene rings is 11. The van der Waals surface area contributed by atoms with Gasteiger partial charge >= 0.3 is 0 Å². The first kappa shape index (κ1) is 37.9. The number of furan rings is 2. The van der Waals surface area contributed by atoms with Crippen molar-refractivity contribution in [3.8, 4) is 16.8 Å². The molecule has 1 unspecified atom stereocenters. The summed E-state index contributed by atoms with van der Waals surface area (Å²) in [6, 6.07) is 77.6. The van der Waals surface area contributed by atoms with Crippen LogP contribution in [0.3, 0.4) is 0 Å². The molecule has 1 aliphatic heterocycles. The molecule has 0 saturated heterocycles. The molecule has 0 amide bonds. The fourth-order valence-corrected chi connectivity index (χ4v) is 10.8. The third-order valence-corrected chi connectivity index (χ3v) is 14.1. The first-order valence-corrected chi connectivity index (χ1v) is 23.4. The zero-order chi connectivity index (χ0) is 45.2. The summed E-state index contributed by atoms with van der Waals surface area (Å²) in [7, 11) is 0. The quantitative estimate of drug-likeness (QED) is 0.187. The summed E-state index contributed by atoms with van der Waals surface area (Å²) in [6.45, 7) is 0. The lowest BCUT2D eigenvalue weighted by Gasteiger charge is -2.25. The number of aliphatic imine (C=N–C) groups is 2. The average molecular weight is 883 g/mol. The van der Waals surface area contributed by atoms with E-state index in [1.165, 1.54) is 10.8 Å². The van der Waals surface area contributed by atoms with Crippen molar-refractivity contribution in [2.75, 3.05) is 0 Å². The van der Waals surface area contributed by atoms with Crippen LogP contribution in [0.4, 0.5) is 0 Å². The van der Waals surface area contributed by atoms with Crippen molar-refractivity contribution in [3.05, 3.63) is 235 Å². The molecule has 0 bridgehead atoms. The number of amidine groups is 2. The molecule has 0 aliphatic carbocycles. The molecule has 0 radical (unpaired) electrons. The van der Waals surface area contributed by atoms with Crippen LogP contribution in [0.5, 0.6) is 0 Å². The second-order valence-corrected chi connectivity index (χ2v) is 18.2. The fourth-order valence-electron chi connectivity index (χ4n) is 10.8. The highest BCUT2D eigenvalue weighted by Gasteiger charge is 2.29. The van der Waals surface area contributed by atoms with Crippen LogP contribution in [0.25, 0.3) is 115 Å². The summed E-state index contributed by atoms with van der Waals surface area (Å²) in [5.41, 5.74) is 11.3. The van der Waals surface area contributed by atoms with Gasteiger partial charge in [0.15, 0.2) is 11.4 Å². The molecule has 0 saturated carbocycles. The Morgan fingerprint density at radius 2 is 0.971 bits per heavy atom. The standard InChI is InChI=1S/C63H38N4O2/c1-2-13-37(14-3-1)38-21-12-22-45(29-38)61-64-62(46-25-26-48-47-23-10-11-24-56(47)68-57(48)36-46)66-63(65-61)50-28-27-49-53-32-41-17-6-9-20-44(41)35-58(53)69-60(49)59(50)67-54-33-42-18-7-4-15-39(42)30-51(54)52-31-40-16-5-8-19-43(40)34-55(52)67/h1-36,61H,(H,64,65,66). The van der Waals surface area contributed by atoms with Crippen LogP contribution in [-0.2, 0) is 0 Å². The molecule has 0 fully saturated rings. The van der Waals surface area contributed by atoms with Gasteiger partial charge in [-0.2, -0.15) is 0 Å². The van der Waals surface area contributed by atoms with E-state index in [1.54, 1.807) is 0 Å². The minimum absolute atomic E-state index is 0.488. The predicted molar refractivity (Wildman–Crippen MR) is 285 cm³/mol. The zero-order valence-corrected chi connectivity index (χ0v) is 37.0. The van der Waals surface area contributed by atoms with Gasteiger partial charge in [0.25, 0.3) is 0 Å². The molecule has 1 N–H and O–H groups in total. The van der Waals surface area contributed by atoms with E-state index in [-0.39, 0.29) is 0 Å². The summed E-state index contributed by atoms with van der Waals surface area (Å²) in [5, 5.41) is 17.4. The van der Waals surface area contributed by atoms with E-state index in [4.69, 9.17) is 18.8 Å². The van der Waals surface area contributed by atoms with Crippen LogP contribution >= 0.6 is 0 Å². The van der Waals surface area contributed by atoms with Gasteiger partial charge in [0, 0.05) is 43.4 Å². The Labute approximate surface area is 394 Å². The monoisotopic (exact) mass is 882 g/mol. The molecule has 11 aromatic carbocycles. The maximum absolute atomic E-state index is 7.24. The molecule has 3 aromatic heterocycles. The summed E-state index contributed by atoms with van der Waals surface area (Å²) in [6.07, 6.45) is -0.488. The number of hydrogen-bond donors (Lipinski definition) is 1. The van der Waals surface area contributed by atoms with Gasteiger partial charge < -0.3 is 18.7 Å². The molecule has 1 aliphatic rings. The Bertz CT molecular complexity index is 4440. The number of nitrogens with one attached hydrogen (secondary N) is 1. The van der Waals surface area contributed by atoms with Gasteiger partial charge in [-0.05, 0) is 122 Å². The Hall–Kier alpha value is -9.26. The SMILES string of the molecule is c1ccc(-c2cccc(C3N=C(c4ccc5c(c4)oc4ccccc45)N=C(c4ccc5c(oc6cc7ccccc7cc65)c4-n4c5cc6ccccc6cc5c5cc6ccccc6cc54)N3)c2)cc1. The van der Waals surface area contributed by atoms with Gasteiger partial charge in [-0.15, -0.1) is 0 Å². The molecule has 6 nitrogen and oxygen atoms in total. The predicted octanol–water partition coefficient (Wildman–Crippen LogP) is 16.2. The number of fused-ring (bicyclic) bond motifs is 12. The Morgan fingerprint density at radius 3 is 1.70 bits per heavy atom. The zero-order valence-electron chi connectivity index (χ0n) is 37.0. The van der Waals surface area contributed by atoms with E-state index < -0.39 is 6.17 Å². The second kappa shape index (κ2) is 14.6. The van der Waals surface area contributed by atoms with Crippen molar-refractivity contribution in [2.24, 2.45) is 9.98 Å². The van der Waals surface area contributed by atoms with E-state index >= 15 is 0 Å². The third-order valence-electron chi connectivity index (χ3n) is 14.1. The third kappa shape index (κ3) is 5.92. The van der Waals surface area contributed by atoms with Crippen LogP contribution in [0, 0.1) is 0 Å². The van der Waals surface area contributed by atoms with Crippen molar-refractivity contribution < 1.29 is 8.83 Å². The fraction of sp³-hybridized carbons (Fsp3) is 0.0159. The molecule has 0 spiro atoms. The Balaban J connectivity index is 1.03. The van der Waals surface area contributed by atoms with Crippen LogP contribution in [-0.4, -0.2) is 16.2 Å². The van der Waals surface area contributed by atoms with Gasteiger partial charge in [0.1, 0.15) is 34.4 Å². The molecule has 14 aromatic rings. The minimum atomic E-state index is -0.488. The maximum atomic E-state index is 7.24. The topological polar surface area (TPSA) is 68.0 Å². The van der Waals surface area contributed by atoms with Crippen molar-refractivity contribution in [1.82, 2.24) is 9.88 Å². The summed E-state index contributed by atoms with van der Waals surface area (Å²) < 4.78 is 16.1. The molecule has 6 heteroatoms. The normalized spacial score (nSPS) is 14.2. The largest absolute Gasteiger partial charge is 0.456 e. The number of rotatable bonds is 5. The smallest absolute Gasteiger partial charge is 0.160 e. The maximum Gasteiger partial charge on any atom is 0.160 e. The first-order chi connectivity index (χ1) is 34.1. The highest BCUT2D eigenvalue weighted by atomic mass is 16.3. The van der Waals surface area contributed by atoms with E-state index in [0.29, 0.717) is 11.7 Å². The average Bonchev–Trinajstić information content (AvgIpc) is 4.07. The highest BCUT2D eigenvalue weighted by Crippen LogP contribution is 2.43. The lowest BCUT2D eigenvalue weighted by atomic mass is 10.0. The van der Waals surface area contributed by atoms with E-state index in [9.17, 15) is 0 Å². The summed E-state index contributed by atoms with van der Waals surface area (Å²) in [4.78, 5) is 11.0. The van der Waals surface area contributed by atoms with Crippen molar-refractivity contribution in [3.63, 3.8) is 0 Å². The number of para-hydroxylation sites is 1. The Morgan fingerprint density at radius 1 is 0.391 bits per heavy atom. The van der Waals surface area contributed by atoms with Gasteiger partial charge in [-0.25, -0.2) is 9.98 Å². The molecule has 1 atom stereocenters. The minimum Gasteiger partial charge on any atom is -0.456 e. The van der Waals surface area contributed by atoms with Crippen LogP contribution < -0.4 is 5.32 Å². The highest BCUT2D eigenvalue weighted by molar-refractivity contribution is 6.23. The lowest BCUT2D eigenvalue weighted by Crippen LogP contribution is -2.34. The lowest BCUT2D eigenvalue weighted by molar-refractivity contribution is 0.664. The van der Waals surface area contributed by atoms with Gasteiger partial charge in [0.05, 0.1) is 11.0 Å². The van der Waals surface area contributed by atoms with Crippen LogP contribution in [0.1, 0.15) is 22.9 Å². The molecular weight excluding hydrogens is 845 g/mol. The van der Waals surface area contributed by atoms with Crippen LogP contribution in [0.2, 0.25) is 0 Å². The van der Waals surface area contributed by atoms with Gasteiger partial charge in [0.2, 0.25) is 0 Å². The first-order valence-electron chi connectivity index (χ1n) is 23.4. The second-order valence-electron chi connectivity index (χ2n) is 18.2. The number of aromatic nitrogens is 1. The summed E-state index contributed by atoms with van der Waals surface area (Å²) in [5.74, 6) is 1.28. The Kier molecular flexibility index (Phi) is 8.03. The summed E-state index contributed by atoms with van der Waals surface area (Å²) >= 11 is 0. The number of nitrogens with zero attached hydrogens (tertiary/aromatic N) is 3. The van der Waals surface area contributed by atoms with Crippen molar-refractivity contribution in [1.29, 1.82) is 0 Å². The van der Waals surface area contributed by atoms with Gasteiger partial charge in [-0.1, -0.05) is 146 Å². The molecule has 69 heavy (non-hydrogen) atoms. The van der Waals surface area contributed by atoms with E-state index in [0.717, 1.165) is 121 Å². The van der Waals surface area contributed by atoms with Gasteiger partial charge in [-0.3, -0.25) is 0 Å². The van der Waals surface area contributed by atoms with E-state index in [2.05, 4.69) is 210 Å². The molecule has 4 heterocycles. The molecule has 322 valence electrons.